The molecule has 2 aromatic rings. The number of anilines is 3. The molecule has 0 unspecified atom stereocenters. The number of hydrogen-bond donors (Lipinski definition) is 2. The van der Waals surface area contributed by atoms with Crippen molar-refractivity contribution < 1.29 is 32.2 Å². The van der Waals surface area contributed by atoms with Crippen LogP contribution in [0.15, 0.2) is 18.3 Å². The number of hydrogen-bond acceptors (Lipinski definition) is 9. The normalized spacial score (nSPS) is 22.4. The molecule has 2 N–H and O–H groups in total. The maximum atomic E-state index is 12.6. The van der Waals surface area contributed by atoms with Crippen molar-refractivity contribution in [2.24, 2.45) is 0 Å². The van der Waals surface area contributed by atoms with Gasteiger partial charge in [0.1, 0.15) is 35.4 Å². The van der Waals surface area contributed by atoms with Gasteiger partial charge in [-0.3, -0.25) is 9.59 Å². The van der Waals surface area contributed by atoms with E-state index >= 15 is 0 Å². The maximum Gasteiger partial charge on any atom is 0.433 e. The smallest absolute Gasteiger partial charge is 0.433 e. The third kappa shape index (κ3) is 5.23. The van der Waals surface area contributed by atoms with Crippen molar-refractivity contribution >= 4 is 29.3 Å². The van der Waals surface area contributed by atoms with Gasteiger partial charge in [-0.05, 0) is 26.0 Å². The number of likely N-dealkylation sites (N-methyl/N-ethyl adjacent to an activating group) is 1. The highest BCUT2D eigenvalue weighted by Crippen LogP contribution is 2.35. The van der Waals surface area contributed by atoms with Gasteiger partial charge in [0.25, 0.3) is 5.91 Å². The van der Waals surface area contributed by atoms with Crippen LogP contribution in [0.2, 0.25) is 0 Å². The van der Waals surface area contributed by atoms with E-state index in [0.29, 0.717) is 36.0 Å². The van der Waals surface area contributed by atoms with Gasteiger partial charge in [0, 0.05) is 32.9 Å². The van der Waals surface area contributed by atoms with Crippen LogP contribution in [0.25, 0.3) is 0 Å². The summed E-state index contributed by atoms with van der Waals surface area (Å²) < 4.78 is 48.8. The Balaban J connectivity index is 1.39. The number of carbonyl (C=O) groups is 2. The molecular weight excluding hydrogens is 469 g/mol. The molecule has 1 aliphatic carbocycles. The molecule has 13 heteroatoms. The van der Waals surface area contributed by atoms with Crippen LogP contribution in [0, 0.1) is 6.92 Å². The van der Waals surface area contributed by atoms with E-state index in [-0.39, 0.29) is 23.8 Å². The molecule has 1 aliphatic heterocycles. The summed E-state index contributed by atoms with van der Waals surface area (Å²) in [5.74, 6) is 0.319. The number of nitrogens with zero attached hydrogens (tertiary/aromatic N) is 4. The van der Waals surface area contributed by atoms with Crippen LogP contribution in [-0.4, -0.2) is 58.2 Å². The zero-order chi connectivity index (χ0) is 25.5. The molecule has 1 amide bonds. The SMILES string of the molecule is CC(=O)O[C@@H](C)[C@H]1C(=O)Nc2c(C)nc(NC3CC(Oc4ccc(C(F)(F)F)nc4)C3)nc2N1C. The number of aryl methyl sites for hydroxylation is 1. The highest BCUT2D eigenvalue weighted by molar-refractivity contribution is 6.03. The zero-order valence-corrected chi connectivity index (χ0v) is 19.5. The van der Waals surface area contributed by atoms with Gasteiger partial charge in [0.05, 0.1) is 11.9 Å². The van der Waals surface area contributed by atoms with Gasteiger partial charge in [0.2, 0.25) is 5.95 Å². The number of esters is 1. The molecule has 188 valence electrons. The second-order valence-electron chi connectivity index (χ2n) is 8.62. The molecule has 2 aromatic heterocycles. The Bertz CT molecular complexity index is 1120. The first-order valence-electron chi connectivity index (χ1n) is 11.0. The molecule has 0 bridgehead atoms. The molecule has 10 nitrogen and oxygen atoms in total. The van der Waals surface area contributed by atoms with Crippen molar-refractivity contribution in [2.75, 3.05) is 22.6 Å². The van der Waals surface area contributed by atoms with Crippen molar-refractivity contribution in [1.29, 1.82) is 0 Å². The molecule has 1 saturated carbocycles. The van der Waals surface area contributed by atoms with Crippen molar-refractivity contribution in [3.63, 3.8) is 0 Å². The summed E-state index contributed by atoms with van der Waals surface area (Å²) in [5, 5.41) is 6.03. The third-order valence-electron chi connectivity index (χ3n) is 5.89. The van der Waals surface area contributed by atoms with Crippen LogP contribution < -0.4 is 20.3 Å². The summed E-state index contributed by atoms with van der Waals surface area (Å²) in [6, 6.07) is 1.38. The standard InChI is InChI=1S/C22H25F3N6O4/c1-10-17-19(31(4)18(20(33)29-17)11(2)34-12(3)32)30-21(27-10)28-13-7-15(8-13)35-14-5-6-16(26-9-14)22(23,24)25/h5-6,9,11,13,15,18H,7-8H2,1-4H3,(H,29,33)(H,27,28,30)/t11-,13?,15?,18-/m0/s1. The largest absolute Gasteiger partial charge is 0.489 e. The molecular formula is C22H25F3N6O4. The first-order valence-corrected chi connectivity index (χ1v) is 11.0. The molecule has 0 radical (unpaired) electrons. The van der Waals surface area contributed by atoms with Crippen molar-refractivity contribution in [2.45, 2.75) is 64.1 Å². The van der Waals surface area contributed by atoms with Crippen LogP contribution >= 0.6 is 0 Å². The zero-order valence-electron chi connectivity index (χ0n) is 19.5. The van der Waals surface area contributed by atoms with Crippen LogP contribution in [0.5, 0.6) is 5.75 Å². The molecule has 4 rings (SSSR count). The van der Waals surface area contributed by atoms with Crippen molar-refractivity contribution in [3.05, 3.63) is 29.7 Å². The average molecular weight is 494 g/mol. The highest BCUT2D eigenvalue weighted by Gasteiger charge is 2.39. The van der Waals surface area contributed by atoms with E-state index in [2.05, 4.69) is 25.6 Å². The van der Waals surface area contributed by atoms with E-state index in [0.717, 1.165) is 12.3 Å². The quantitative estimate of drug-likeness (QED) is 0.585. The van der Waals surface area contributed by atoms with Crippen molar-refractivity contribution in [3.8, 4) is 5.75 Å². The molecule has 0 saturated heterocycles. The number of nitrogens with one attached hydrogen (secondary N) is 2. The summed E-state index contributed by atoms with van der Waals surface area (Å²) in [5.41, 5.74) is 0.0850. The molecule has 0 spiro atoms. The number of ether oxygens (including phenoxy) is 2. The monoisotopic (exact) mass is 494 g/mol. The fourth-order valence-corrected chi connectivity index (χ4v) is 4.16. The second-order valence-corrected chi connectivity index (χ2v) is 8.62. The molecule has 2 atom stereocenters. The summed E-state index contributed by atoms with van der Waals surface area (Å²) >= 11 is 0. The van der Waals surface area contributed by atoms with E-state index in [1.807, 2.05) is 0 Å². The van der Waals surface area contributed by atoms with Crippen LogP contribution in [0.4, 0.5) is 30.6 Å². The Morgan fingerprint density at radius 2 is 2.00 bits per heavy atom. The minimum absolute atomic E-state index is 0.000822. The Morgan fingerprint density at radius 3 is 2.60 bits per heavy atom. The van der Waals surface area contributed by atoms with Gasteiger partial charge < -0.3 is 25.0 Å². The lowest BCUT2D eigenvalue weighted by atomic mass is 9.89. The van der Waals surface area contributed by atoms with Gasteiger partial charge >= 0.3 is 12.1 Å². The lowest BCUT2D eigenvalue weighted by molar-refractivity contribution is -0.147. The summed E-state index contributed by atoms with van der Waals surface area (Å²) in [6.45, 7) is 4.67. The predicted molar refractivity (Wildman–Crippen MR) is 119 cm³/mol. The molecule has 0 aromatic carbocycles. The average Bonchev–Trinajstić information content (AvgIpc) is 2.72. The van der Waals surface area contributed by atoms with Gasteiger partial charge in [-0.15, -0.1) is 0 Å². The maximum absolute atomic E-state index is 12.6. The summed E-state index contributed by atoms with van der Waals surface area (Å²) in [7, 11) is 1.70. The van der Waals surface area contributed by atoms with E-state index in [4.69, 9.17) is 9.47 Å². The Kier molecular flexibility index (Phi) is 6.43. The van der Waals surface area contributed by atoms with Gasteiger partial charge in [0.15, 0.2) is 5.82 Å². The van der Waals surface area contributed by atoms with Gasteiger partial charge in [-0.2, -0.15) is 18.2 Å². The predicted octanol–water partition coefficient (Wildman–Crippen LogP) is 2.93. The topological polar surface area (TPSA) is 119 Å². The Morgan fingerprint density at radius 1 is 1.29 bits per heavy atom. The molecule has 1 fully saturated rings. The number of aromatic nitrogens is 3. The minimum Gasteiger partial charge on any atom is -0.489 e. The van der Waals surface area contributed by atoms with Crippen LogP contribution in [-0.2, 0) is 20.5 Å². The van der Waals surface area contributed by atoms with Gasteiger partial charge in [-0.1, -0.05) is 0 Å². The molecule has 35 heavy (non-hydrogen) atoms. The minimum atomic E-state index is -4.49. The van der Waals surface area contributed by atoms with Gasteiger partial charge in [-0.25, -0.2) is 9.97 Å². The van der Waals surface area contributed by atoms with Crippen molar-refractivity contribution in [1.82, 2.24) is 15.0 Å². The van der Waals surface area contributed by atoms with E-state index < -0.39 is 30.0 Å². The number of rotatable bonds is 6. The number of alkyl halides is 3. The van der Waals surface area contributed by atoms with E-state index in [1.165, 1.54) is 13.0 Å². The lowest BCUT2D eigenvalue weighted by Crippen LogP contribution is -2.53. The number of pyridine rings is 1. The second kappa shape index (κ2) is 9.19. The first kappa shape index (κ1) is 24.5. The fourth-order valence-electron chi connectivity index (χ4n) is 4.16. The van der Waals surface area contributed by atoms with E-state index in [9.17, 15) is 22.8 Å². The number of carbonyl (C=O) groups excluding carboxylic acids is 2. The Hall–Kier alpha value is -3.64. The number of fused-ring (bicyclic) bond motifs is 1. The first-order chi connectivity index (χ1) is 16.4. The molecule has 2 aliphatic rings. The number of amides is 1. The molecule has 3 heterocycles. The number of halogens is 3. The van der Waals surface area contributed by atoms with Crippen LogP contribution in [0.3, 0.4) is 0 Å². The lowest BCUT2D eigenvalue weighted by Gasteiger charge is -2.38. The Labute approximate surface area is 199 Å². The third-order valence-corrected chi connectivity index (χ3v) is 5.89. The highest BCUT2D eigenvalue weighted by atomic mass is 19.4. The summed E-state index contributed by atoms with van der Waals surface area (Å²) in [6.07, 6.45) is -3.11. The fraction of sp³-hybridized carbons (Fsp3) is 0.500. The van der Waals surface area contributed by atoms with Crippen LogP contribution in [0.1, 0.15) is 38.1 Å². The van der Waals surface area contributed by atoms with E-state index in [1.54, 1.807) is 25.8 Å². The summed E-state index contributed by atoms with van der Waals surface area (Å²) in [4.78, 5) is 38.0.